The van der Waals surface area contributed by atoms with Gasteiger partial charge in [-0.15, -0.1) is 11.3 Å². The van der Waals surface area contributed by atoms with E-state index in [-0.39, 0.29) is 6.04 Å². The molecule has 21 heavy (non-hydrogen) atoms. The van der Waals surface area contributed by atoms with Crippen molar-refractivity contribution in [1.82, 2.24) is 10.3 Å². The molecule has 0 bridgehead atoms. The smallest absolute Gasteiger partial charge is 0.115 e. The number of aromatic nitrogens is 1. The predicted molar refractivity (Wildman–Crippen MR) is 92.8 cm³/mol. The van der Waals surface area contributed by atoms with Crippen LogP contribution in [0.15, 0.2) is 18.2 Å². The molecule has 2 nitrogen and oxygen atoms in total. The Bertz CT molecular complexity index is 602. The third kappa shape index (κ3) is 3.78. The summed E-state index contributed by atoms with van der Waals surface area (Å²) in [6, 6.07) is 5.84. The van der Waals surface area contributed by atoms with Gasteiger partial charge in [-0.05, 0) is 39.3 Å². The molecule has 0 spiro atoms. The highest BCUT2D eigenvalue weighted by atomic mass is 35.5. The van der Waals surface area contributed by atoms with Crippen LogP contribution in [0.4, 0.5) is 0 Å². The first-order valence-electron chi connectivity index (χ1n) is 7.10. The quantitative estimate of drug-likeness (QED) is 0.785. The van der Waals surface area contributed by atoms with Gasteiger partial charge in [0.05, 0.1) is 11.7 Å². The summed E-state index contributed by atoms with van der Waals surface area (Å²) in [5, 5.41) is 5.90. The molecule has 0 saturated carbocycles. The fourth-order valence-electron chi connectivity index (χ4n) is 2.30. The van der Waals surface area contributed by atoms with Gasteiger partial charge in [-0.25, -0.2) is 4.98 Å². The van der Waals surface area contributed by atoms with E-state index in [4.69, 9.17) is 28.2 Å². The van der Waals surface area contributed by atoms with E-state index in [0.717, 1.165) is 22.7 Å². The molecule has 2 rings (SSSR count). The molecule has 5 heteroatoms. The normalized spacial score (nSPS) is 12.9. The second kappa shape index (κ2) is 7.10. The zero-order valence-electron chi connectivity index (χ0n) is 12.7. The maximum atomic E-state index is 6.39. The van der Waals surface area contributed by atoms with Gasteiger partial charge in [0.2, 0.25) is 0 Å². The lowest BCUT2D eigenvalue weighted by atomic mass is 10.1. The first-order chi connectivity index (χ1) is 9.93. The SMILES string of the molecule is CCc1nc(C(NC(C)C)c2c(Cl)cccc2Cl)sc1C. The first-order valence-corrected chi connectivity index (χ1v) is 8.67. The van der Waals surface area contributed by atoms with Gasteiger partial charge in [0.25, 0.3) is 0 Å². The maximum Gasteiger partial charge on any atom is 0.115 e. The van der Waals surface area contributed by atoms with Crippen molar-refractivity contribution in [3.8, 4) is 0 Å². The van der Waals surface area contributed by atoms with Crippen molar-refractivity contribution < 1.29 is 0 Å². The molecule has 1 aromatic carbocycles. The molecule has 2 aromatic rings. The molecule has 0 fully saturated rings. The summed E-state index contributed by atoms with van der Waals surface area (Å²) in [5.74, 6) is 0. The van der Waals surface area contributed by atoms with Crippen molar-refractivity contribution in [2.45, 2.75) is 46.2 Å². The fourth-order valence-corrected chi connectivity index (χ4v) is 4.00. The minimum atomic E-state index is -0.0739. The Morgan fingerprint density at radius 3 is 2.33 bits per heavy atom. The largest absolute Gasteiger partial charge is 0.302 e. The molecule has 1 unspecified atom stereocenters. The summed E-state index contributed by atoms with van der Waals surface area (Å²) in [7, 11) is 0. The summed E-state index contributed by atoms with van der Waals surface area (Å²) in [5.41, 5.74) is 2.06. The van der Waals surface area contributed by atoms with E-state index in [0.29, 0.717) is 16.1 Å². The Hall–Kier alpha value is -0.610. The number of hydrogen-bond donors (Lipinski definition) is 1. The van der Waals surface area contributed by atoms with Crippen LogP contribution in [-0.4, -0.2) is 11.0 Å². The molecular weight excluding hydrogens is 323 g/mol. The third-order valence-electron chi connectivity index (χ3n) is 3.28. The van der Waals surface area contributed by atoms with Crippen molar-refractivity contribution in [2.24, 2.45) is 0 Å². The number of hydrogen-bond acceptors (Lipinski definition) is 3. The van der Waals surface area contributed by atoms with Crippen LogP contribution in [0.25, 0.3) is 0 Å². The Morgan fingerprint density at radius 1 is 1.24 bits per heavy atom. The molecular formula is C16H20Cl2N2S. The van der Waals surface area contributed by atoms with Crippen LogP contribution in [0.5, 0.6) is 0 Å². The Balaban J connectivity index is 2.52. The van der Waals surface area contributed by atoms with Crippen LogP contribution < -0.4 is 5.32 Å². The molecule has 1 N–H and O–H groups in total. The Labute approximate surface area is 140 Å². The summed E-state index contributed by atoms with van der Waals surface area (Å²) in [6.07, 6.45) is 0.937. The minimum absolute atomic E-state index is 0.0739. The van der Waals surface area contributed by atoms with Gasteiger partial charge >= 0.3 is 0 Å². The predicted octanol–water partition coefficient (Wildman–Crippen LogP) is 5.41. The van der Waals surface area contributed by atoms with Crippen molar-refractivity contribution in [2.75, 3.05) is 0 Å². The average Bonchev–Trinajstić information content (AvgIpc) is 2.78. The molecule has 114 valence electrons. The van der Waals surface area contributed by atoms with E-state index in [2.05, 4.69) is 33.0 Å². The molecule has 0 radical (unpaired) electrons. The van der Waals surface area contributed by atoms with Crippen molar-refractivity contribution >= 4 is 34.5 Å². The number of nitrogens with zero attached hydrogens (tertiary/aromatic N) is 1. The first kappa shape index (κ1) is 16.8. The monoisotopic (exact) mass is 342 g/mol. The van der Waals surface area contributed by atoms with Gasteiger partial charge < -0.3 is 5.32 Å². The van der Waals surface area contributed by atoms with Gasteiger partial charge in [0.15, 0.2) is 0 Å². The van der Waals surface area contributed by atoms with E-state index in [1.54, 1.807) is 11.3 Å². The molecule has 0 saturated heterocycles. The third-order valence-corrected chi connectivity index (χ3v) is 5.02. The summed E-state index contributed by atoms with van der Waals surface area (Å²) < 4.78 is 0. The highest BCUT2D eigenvalue weighted by Crippen LogP contribution is 2.36. The average molecular weight is 343 g/mol. The molecule has 0 aliphatic heterocycles. The van der Waals surface area contributed by atoms with Crippen molar-refractivity contribution in [3.63, 3.8) is 0 Å². The van der Waals surface area contributed by atoms with Gasteiger partial charge in [-0.1, -0.05) is 36.2 Å². The molecule has 0 aliphatic rings. The number of rotatable bonds is 5. The van der Waals surface area contributed by atoms with E-state index in [1.807, 2.05) is 18.2 Å². The second-order valence-corrected chi connectivity index (χ2v) is 7.35. The van der Waals surface area contributed by atoms with Crippen LogP contribution in [0.2, 0.25) is 10.0 Å². The number of nitrogens with one attached hydrogen (secondary N) is 1. The zero-order valence-corrected chi connectivity index (χ0v) is 15.0. The van der Waals surface area contributed by atoms with Crippen LogP contribution in [0.3, 0.4) is 0 Å². The standard InChI is InChI=1S/C16H20Cl2N2S/c1-5-13-10(4)21-16(20-13)15(19-9(2)3)14-11(17)7-6-8-12(14)18/h6-9,15,19H,5H2,1-4H3. The van der Waals surface area contributed by atoms with Gasteiger partial charge in [0.1, 0.15) is 5.01 Å². The lowest BCUT2D eigenvalue weighted by Gasteiger charge is -2.22. The van der Waals surface area contributed by atoms with E-state index < -0.39 is 0 Å². The number of halogens is 2. The number of benzene rings is 1. The van der Waals surface area contributed by atoms with E-state index in [9.17, 15) is 0 Å². The van der Waals surface area contributed by atoms with Crippen molar-refractivity contribution in [3.05, 3.63) is 49.4 Å². The van der Waals surface area contributed by atoms with E-state index >= 15 is 0 Å². The van der Waals surface area contributed by atoms with Crippen LogP contribution >= 0.6 is 34.5 Å². The fraction of sp³-hybridized carbons (Fsp3) is 0.438. The second-order valence-electron chi connectivity index (χ2n) is 5.30. The summed E-state index contributed by atoms with van der Waals surface area (Å²) in [6.45, 7) is 8.46. The molecule has 1 atom stereocenters. The van der Waals surface area contributed by atoms with Crippen LogP contribution in [0, 0.1) is 6.92 Å². The maximum absolute atomic E-state index is 6.39. The molecule has 0 amide bonds. The van der Waals surface area contributed by atoms with Gasteiger partial charge in [-0.2, -0.15) is 0 Å². The minimum Gasteiger partial charge on any atom is -0.302 e. The van der Waals surface area contributed by atoms with Gasteiger partial charge in [0, 0.05) is 26.5 Å². The Kier molecular flexibility index (Phi) is 5.67. The highest BCUT2D eigenvalue weighted by molar-refractivity contribution is 7.11. The lowest BCUT2D eigenvalue weighted by molar-refractivity contribution is 0.526. The number of aryl methyl sites for hydroxylation is 2. The number of thiazole rings is 1. The lowest BCUT2D eigenvalue weighted by Crippen LogP contribution is -2.29. The molecule has 1 aromatic heterocycles. The highest BCUT2D eigenvalue weighted by Gasteiger charge is 2.24. The Morgan fingerprint density at radius 2 is 1.86 bits per heavy atom. The summed E-state index contributed by atoms with van der Waals surface area (Å²) >= 11 is 14.5. The molecule has 1 heterocycles. The summed E-state index contributed by atoms with van der Waals surface area (Å²) in [4.78, 5) is 6.03. The van der Waals surface area contributed by atoms with E-state index in [1.165, 1.54) is 4.88 Å². The topological polar surface area (TPSA) is 24.9 Å². The zero-order chi connectivity index (χ0) is 15.6. The van der Waals surface area contributed by atoms with Crippen LogP contribution in [-0.2, 0) is 6.42 Å². The van der Waals surface area contributed by atoms with Crippen LogP contribution in [0.1, 0.15) is 48.0 Å². The molecule has 0 aliphatic carbocycles. The van der Waals surface area contributed by atoms with Gasteiger partial charge in [-0.3, -0.25) is 0 Å². The van der Waals surface area contributed by atoms with Crippen molar-refractivity contribution in [1.29, 1.82) is 0 Å².